The fourth-order valence-electron chi connectivity index (χ4n) is 3.29. The number of hydrogen-bond acceptors (Lipinski definition) is 10. The monoisotopic (exact) mass is 422 g/mol. The van der Waals surface area contributed by atoms with Gasteiger partial charge in [0.25, 0.3) is 0 Å². The lowest BCUT2D eigenvalue weighted by Crippen LogP contribution is -2.60. The van der Waals surface area contributed by atoms with Crippen molar-refractivity contribution < 1.29 is 49.6 Å². The van der Waals surface area contributed by atoms with Gasteiger partial charge in [-0.3, -0.25) is 0 Å². The van der Waals surface area contributed by atoms with E-state index >= 15 is 0 Å². The first-order chi connectivity index (χ1) is 13.8. The fraction of sp³-hybridized carbons (Fsp3) is 0.895. The zero-order valence-electron chi connectivity index (χ0n) is 16.6. The SMILES string of the molecule is C=C[C@H](CCCCC)O[C@H]1O[C@@H](CO[C@@H]2OC[C@H](O)[C@@H](O)[C@@H]2O)[C@H](O)[C@@H](O)[C@@H]1O. The Morgan fingerprint density at radius 3 is 2.31 bits per heavy atom. The van der Waals surface area contributed by atoms with E-state index in [0.29, 0.717) is 6.42 Å². The molecule has 2 fully saturated rings. The van der Waals surface area contributed by atoms with Crippen molar-refractivity contribution >= 4 is 0 Å². The summed E-state index contributed by atoms with van der Waals surface area (Å²) in [5, 5.41) is 59.6. The average molecular weight is 422 g/mol. The van der Waals surface area contributed by atoms with Crippen LogP contribution in [0.1, 0.15) is 32.6 Å². The van der Waals surface area contributed by atoms with Crippen molar-refractivity contribution in [2.24, 2.45) is 0 Å². The Kier molecular flexibility index (Phi) is 9.89. The molecular weight excluding hydrogens is 388 g/mol. The summed E-state index contributed by atoms with van der Waals surface area (Å²) in [6, 6.07) is 0. The molecule has 2 saturated heterocycles. The lowest BCUT2D eigenvalue weighted by molar-refractivity contribution is -0.325. The maximum Gasteiger partial charge on any atom is 0.187 e. The van der Waals surface area contributed by atoms with Gasteiger partial charge in [-0.1, -0.05) is 32.3 Å². The first kappa shape index (κ1) is 24.6. The Morgan fingerprint density at radius 2 is 1.66 bits per heavy atom. The lowest BCUT2D eigenvalue weighted by atomic mass is 9.99. The molecule has 0 bridgehead atoms. The highest BCUT2D eigenvalue weighted by molar-refractivity contribution is 4.91. The number of hydrogen-bond donors (Lipinski definition) is 6. The summed E-state index contributed by atoms with van der Waals surface area (Å²) < 4.78 is 21.8. The van der Waals surface area contributed by atoms with E-state index in [9.17, 15) is 30.6 Å². The summed E-state index contributed by atoms with van der Waals surface area (Å²) in [6.07, 6.45) is -7.36. The third-order valence-electron chi connectivity index (χ3n) is 5.21. The molecule has 2 rings (SSSR count). The van der Waals surface area contributed by atoms with Gasteiger partial charge in [0.1, 0.15) is 42.7 Å². The van der Waals surface area contributed by atoms with Crippen molar-refractivity contribution in [2.45, 2.75) is 94.0 Å². The minimum absolute atomic E-state index is 0.233. The van der Waals surface area contributed by atoms with Gasteiger partial charge in [0.05, 0.1) is 19.3 Å². The van der Waals surface area contributed by atoms with Crippen LogP contribution >= 0.6 is 0 Å². The van der Waals surface area contributed by atoms with Crippen molar-refractivity contribution in [1.29, 1.82) is 0 Å². The Bertz CT molecular complexity index is 492. The number of aliphatic hydroxyl groups excluding tert-OH is 6. The maximum atomic E-state index is 10.2. The summed E-state index contributed by atoms with van der Waals surface area (Å²) in [6.45, 7) is 5.24. The zero-order valence-corrected chi connectivity index (χ0v) is 16.6. The minimum atomic E-state index is -1.53. The molecule has 0 unspecified atom stereocenters. The van der Waals surface area contributed by atoms with E-state index in [1.165, 1.54) is 0 Å². The van der Waals surface area contributed by atoms with Gasteiger partial charge < -0.3 is 49.6 Å². The highest BCUT2D eigenvalue weighted by atomic mass is 16.7. The van der Waals surface area contributed by atoms with Crippen molar-refractivity contribution in [3.05, 3.63) is 12.7 Å². The molecular formula is C19H34O10. The quantitative estimate of drug-likeness (QED) is 0.179. The van der Waals surface area contributed by atoms with Gasteiger partial charge in [0.15, 0.2) is 12.6 Å². The molecule has 29 heavy (non-hydrogen) atoms. The zero-order chi connectivity index (χ0) is 21.6. The molecule has 2 aliphatic rings. The maximum absolute atomic E-state index is 10.2. The molecule has 0 saturated carbocycles. The van der Waals surface area contributed by atoms with Crippen LogP contribution in [0.15, 0.2) is 12.7 Å². The van der Waals surface area contributed by atoms with E-state index in [-0.39, 0.29) is 13.2 Å². The topological polar surface area (TPSA) is 158 Å². The second-order valence-corrected chi connectivity index (χ2v) is 7.50. The predicted octanol–water partition coefficient (Wildman–Crippen LogP) is -1.60. The molecule has 0 aromatic heterocycles. The Morgan fingerprint density at radius 1 is 0.966 bits per heavy atom. The smallest absolute Gasteiger partial charge is 0.187 e. The Hall–Kier alpha value is -0.660. The van der Waals surface area contributed by atoms with Gasteiger partial charge in [0.2, 0.25) is 0 Å². The minimum Gasteiger partial charge on any atom is -0.388 e. The number of ether oxygens (including phenoxy) is 4. The second-order valence-electron chi connectivity index (χ2n) is 7.50. The van der Waals surface area contributed by atoms with Gasteiger partial charge in [-0.25, -0.2) is 0 Å². The van der Waals surface area contributed by atoms with Gasteiger partial charge in [-0.15, -0.1) is 6.58 Å². The van der Waals surface area contributed by atoms with Crippen LogP contribution in [0.5, 0.6) is 0 Å². The summed E-state index contributed by atoms with van der Waals surface area (Å²) in [5.74, 6) is 0. The molecule has 10 nitrogen and oxygen atoms in total. The summed E-state index contributed by atoms with van der Waals surface area (Å²) >= 11 is 0. The van der Waals surface area contributed by atoms with Crippen molar-refractivity contribution in [2.75, 3.05) is 13.2 Å². The molecule has 2 aliphatic heterocycles. The second kappa shape index (κ2) is 11.7. The standard InChI is InChI=1S/C19H34O10/c1-3-5-6-7-10(4-2)28-19-17(25)15(23)14(22)12(29-19)9-27-18-16(24)13(21)11(20)8-26-18/h4,10-25H,2-3,5-9H2,1H3/t10-,11+,12+,13-,14+,15-,16+,17+,18+,19+/m1/s1. The molecule has 0 aromatic rings. The van der Waals surface area contributed by atoms with Crippen LogP contribution < -0.4 is 0 Å². The van der Waals surface area contributed by atoms with Crippen LogP contribution in [-0.4, -0.2) is 105 Å². The van der Waals surface area contributed by atoms with E-state index in [0.717, 1.165) is 19.3 Å². The number of rotatable bonds is 10. The highest BCUT2D eigenvalue weighted by Crippen LogP contribution is 2.26. The van der Waals surface area contributed by atoms with E-state index in [1.807, 2.05) is 0 Å². The van der Waals surface area contributed by atoms with E-state index in [2.05, 4.69) is 13.5 Å². The Balaban J connectivity index is 1.93. The van der Waals surface area contributed by atoms with Gasteiger partial charge in [-0.2, -0.15) is 0 Å². The van der Waals surface area contributed by atoms with Crippen LogP contribution in [0.2, 0.25) is 0 Å². The van der Waals surface area contributed by atoms with E-state index in [1.54, 1.807) is 6.08 Å². The van der Waals surface area contributed by atoms with Gasteiger partial charge in [-0.05, 0) is 6.42 Å². The average Bonchev–Trinajstić information content (AvgIpc) is 2.71. The first-order valence-corrected chi connectivity index (χ1v) is 10.0. The third kappa shape index (κ3) is 6.41. The number of aliphatic hydroxyl groups is 6. The van der Waals surface area contributed by atoms with Crippen LogP contribution in [-0.2, 0) is 18.9 Å². The molecule has 170 valence electrons. The summed E-state index contributed by atoms with van der Waals surface area (Å²) in [4.78, 5) is 0. The Labute approximate surface area is 170 Å². The van der Waals surface area contributed by atoms with Crippen molar-refractivity contribution in [3.63, 3.8) is 0 Å². The van der Waals surface area contributed by atoms with Crippen molar-refractivity contribution in [3.8, 4) is 0 Å². The van der Waals surface area contributed by atoms with Gasteiger partial charge >= 0.3 is 0 Å². The molecule has 0 radical (unpaired) electrons. The lowest BCUT2D eigenvalue weighted by Gasteiger charge is -2.42. The predicted molar refractivity (Wildman–Crippen MR) is 99.6 cm³/mol. The fourth-order valence-corrected chi connectivity index (χ4v) is 3.29. The number of unbranched alkanes of at least 4 members (excludes halogenated alkanes) is 2. The van der Waals surface area contributed by atoms with Gasteiger partial charge in [0, 0.05) is 0 Å². The third-order valence-corrected chi connectivity index (χ3v) is 5.21. The molecule has 0 amide bonds. The van der Waals surface area contributed by atoms with Crippen molar-refractivity contribution in [1.82, 2.24) is 0 Å². The molecule has 0 spiro atoms. The van der Waals surface area contributed by atoms with Crippen LogP contribution in [0.25, 0.3) is 0 Å². The summed E-state index contributed by atoms with van der Waals surface area (Å²) in [5.41, 5.74) is 0. The van der Waals surface area contributed by atoms with E-state index in [4.69, 9.17) is 18.9 Å². The summed E-state index contributed by atoms with van der Waals surface area (Å²) in [7, 11) is 0. The largest absolute Gasteiger partial charge is 0.388 e. The highest BCUT2D eigenvalue weighted by Gasteiger charge is 2.46. The van der Waals surface area contributed by atoms with E-state index < -0.39 is 61.4 Å². The molecule has 2 heterocycles. The molecule has 10 atom stereocenters. The molecule has 10 heteroatoms. The van der Waals surface area contributed by atoms with Crippen LogP contribution in [0.3, 0.4) is 0 Å². The van der Waals surface area contributed by atoms with Crippen LogP contribution in [0.4, 0.5) is 0 Å². The molecule has 6 N–H and O–H groups in total. The normalized spacial score (nSPS) is 41.8. The van der Waals surface area contributed by atoms with Crippen LogP contribution in [0, 0.1) is 0 Å². The molecule has 0 aromatic carbocycles. The first-order valence-electron chi connectivity index (χ1n) is 10.0. The molecule has 0 aliphatic carbocycles.